The Hall–Kier alpha value is -0.640. The summed E-state index contributed by atoms with van der Waals surface area (Å²) >= 11 is 0. The molecule has 0 heterocycles. The highest BCUT2D eigenvalue weighted by molar-refractivity contribution is 5.30. The zero-order chi connectivity index (χ0) is 22.7. The molecule has 3 heteroatoms. The maximum absolute atomic E-state index is 11.3. The highest BCUT2D eigenvalue weighted by Crippen LogP contribution is 2.67. The van der Waals surface area contributed by atoms with Crippen LogP contribution in [-0.4, -0.2) is 33.6 Å². The molecule has 0 bridgehead atoms. The first kappa shape index (κ1) is 23.5. The second kappa shape index (κ2) is 8.29. The Kier molecular flexibility index (Phi) is 6.29. The van der Waals surface area contributed by atoms with Crippen molar-refractivity contribution in [3.63, 3.8) is 0 Å². The van der Waals surface area contributed by atoms with Gasteiger partial charge in [0.05, 0.1) is 18.3 Å². The second-order valence-electron chi connectivity index (χ2n) is 12.4. The van der Waals surface area contributed by atoms with E-state index in [0.717, 1.165) is 12.0 Å². The Morgan fingerprint density at radius 3 is 2.35 bits per heavy atom. The van der Waals surface area contributed by atoms with E-state index in [1.165, 1.54) is 19.3 Å². The van der Waals surface area contributed by atoms with Crippen molar-refractivity contribution >= 4 is 0 Å². The summed E-state index contributed by atoms with van der Waals surface area (Å²) in [7, 11) is 0. The van der Waals surface area contributed by atoms with Crippen LogP contribution in [0.15, 0.2) is 23.8 Å². The second-order valence-corrected chi connectivity index (χ2v) is 12.4. The molecule has 4 aliphatic carbocycles. The quantitative estimate of drug-likeness (QED) is 0.527. The minimum Gasteiger partial charge on any atom is -0.393 e. The fourth-order valence-corrected chi connectivity index (χ4v) is 8.31. The van der Waals surface area contributed by atoms with Crippen molar-refractivity contribution in [2.45, 2.75) is 98.4 Å². The zero-order valence-electron chi connectivity index (χ0n) is 20.6. The summed E-state index contributed by atoms with van der Waals surface area (Å²) in [6.45, 7) is 14.0. The first-order valence-corrected chi connectivity index (χ1v) is 12.9. The summed E-state index contributed by atoms with van der Waals surface area (Å²) in [4.78, 5) is 0. The van der Waals surface area contributed by atoms with Crippen LogP contribution in [0.25, 0.3) is 0 Å². The maximum Gasteiger partial charge on any atom is 0.0757 e. The molecule has 3 saturated carbocycles. The van der Waals surface area contributed by atoms with E-state index in [2.05, 4.69) is 53.7 Å². The molecule has 0 unspecified atom stereocenters. The molecule has 4 aliphatic rings. The maximum atomic E-state index is 11.3. The van der Waals surface area contributed by atoms with Gasteiger partial charge in [-0.05, 0) is 78.9 Å². The van der Waals surface area contributed by atoms with Crippen LogP contribution in [-0.2, 0) is 0 Å². The lowest BCUT2D eigenvalue weighted by Gasteiger charge is -2.60. The number of hydrogen-bond donors (Lipinski definition) is 3. The third-order valence-corrected chi connectivity index (χ3v) is 10.7. The van der Waals surface area contributed by atoms with Crippen LogP contribution in [0, 0.1) is 52.3 Å². The summed E-state index contributed by atoms with van der Waals surface area (Å²) in [6, 6.07) is 0. The fraction of sp³-hybridized carbons (Fsp3) is 0.857. The lowest BCUT2D eigenvalue weighted by atomic mass is 9.45. The minimum absolute atomic E-state index is 0.230. The van der Waals surface area contributed by atoms with Gasteiger partial charge >= 0.3 is 0 Å². The van der Waals surface area contributed by atoms with Gasteiger partial charge in [-0.1, -0.05) is 65.3 Å². The molecule has 0 aliphatic heterocycles. The Bertz CT molecular complexity index is 726. The lowest BCUT2D eigenvalue weighted by Crippen LogP contribution is -2.58. The summed E-state index contributed by atoms with van der Waals surface area (Å²) in [6.07, 6.45) is 11.2. The van der Waals surface area contributed by atoms with Gasteiger partial charge in [-0.3, -0.25) is 0 Å². The molecular weight excluding hydrogens is 384 g/mol. The first-order chi connectivity index (χ1) is 14.5. The van der Waals surface area contributed by atoms with Gasteiger partial charge in [0.1, 0.15) is 0 Å². The Labute approximate surface area is 190 Å². The molecule has 0 aromatic carbocycles. The number of fused-ring (bicyclic) bond motifs is 5. The first-order valence-electron chi connectivity index (χ1n) is 12.9. The van der Waals surface area contributed by atoms with Gasteiger partial charge in [-0.15, -0.1) is 0 Å². The van der Waals surface area contributed by atoms with Crippen LogP contribution < -0.4 is 0 Å². The SMILES string of the molecule is CC(C)[C@@H](C)/C=C/[C@@H](C)[C@H]1CC[C@H]2[C@@H]3[C@H](O)C=C4C[C@@H](O)C[C@H](O)[C@]4(C)[C@H]3CC[C@]12C. The molecule has 4 rings (SSSR count). The van der Waals surface area contributed by atoms with Crippen molar-refractivity contribution in [3.05, 3.63) is 23.8 Å². The van der Waals surface area contributed by atoms with E-state index in [0.29, 0.717) is 48.3 Å². The average molecular weight is 431 g/mol. The van der Waals surface area contributed by atoms with Gasteiger partial charge in [-0.2, -0.15) is 0 Å². The van der Waals surface area contributed by atoms with Gasteiger partial charge in [0.2, 0.25) is 0 Å². The molecule has 31 heavy (non-hydrogen) atoms. The predicted molar refractivity (Wildman–Crippen MR) is 126 cm³/mol. The van der Waals surface area contributed by atoms with Gasteiger partial charge in [0.25, 0.3) is 0 Å². The fourth-order valence-electron chi connectivity index (χ4n) is 8.31. The third kappa shape index (κ3) is 3.67. The molecule has 0 amide bonds. The molecule has 0 saturated heterocycles. The van der Waals surface area contributed by atoms with Crippen molar-refractivity contribution in [1.82, 2.24) is 0 Å². The normalized spacial score (nSPS) is 49.4. The molecule has 176 valence electrons. The molecule has 11 atom stereocenters. The van der Waals surface area contributed by atoms with Crippen LogP contribution in [0.4, 0.5) is 0 Å². The summed E-state index contributed by atoms with van der Waals surface area (Å²) in [5, 5.41) is 32.6. The van der Waals surface area contributed by atoms with Crippen LogP contribution in [0.5, 0.6) is 0 Å². The van der Waals surface area contributed by atoms with Crippen molar-refractivity contribution in [2.75, 3.05) is 0 Å². The van der Waals surface area contributed by atoms with E-state index in [1.54, 1.807) is 0 Å². The van der Waals surface area contributed by atoms with E-state index in [1.807, 2.05) is 6.08 Å². The van der Waals surface area contributed by atoms with E-state index in [9.17, 15) is 15.3 Å². The Morgan fingerprint density at radius 1 is 0.968 bits per heavy atom. The summed E-state index contributed by atoms with van der Waals surface area (Å²) < 4.78 is 0. The van der Waals surface area contributed by atoms with Crippen LogP contribution >= 0.6 is 0 Å². The Morgan fingerprint density at radius 2 is 1.68 bits per heavy atom. The molecule has 3 fully saturated rings. The van der Waals surface area contributed by atoms with E-state index in [-0.39, 0.29) is 16.7 Å². The van der Waals surface area contributed by atoms with Crippen molar-refractivity contribution in [3.8, 4) is 0 Å². The number of hydrogen-bond acceptors (Lipinski definition) is 3. The monoisotopic (exact) mass is 430 g/mol. The highest BCUT2D eigenvalue weighted by atomic mass is 16.3. The third-order valence-electron chi connectivity index (χ3n) is 10.7. The lowest BCUT2D eigenvalue weighted by molar-refractivity contribution is -0.132. The van der Waals surface area contributed by atoms with Crippen molar-refractivity contribution < 1.29 is 15.3 Å². The van der Waals surface area contributed by atoms with Gasteiger partial charge < -0.3 is 15.3 Å². The van der Waals surface area contributed by atoms with Gasteiger partial charge in [0, 0.05) is 11.8 Å². The van der Waals surface area contributed by atoms with E-state index in [4.69, 9.17) is 0 Å². The number of aliphatic hydroxyl groups excluding tert-OH is 3. The summed E-state index contributed by atoms with van der Waals surface area (Å²) in [5.41, 5.74) is 1.07. The van der Waals surface area contributed by atoms with E-state index >= 15 is 0 Å². The smallest absolute Gasteiger partial charge is 0.0757 e. The van der Waals surface area contributed by atoms with Gasteiger partial charge in [0.15, 0.2) is 0 Å². The topological polar surface area (TPSA) is 60.7 Å². The van der Waals surface area contributed by atoms with E-state index < -0.39 is 18.3 Å². The molecule has 0 radical (unpaired) electrons. The number of aliphatic hydroxyl groups is 3. The predicted octanol–water partition coefficient (Wildman–Crippen LogP) is 5.35. The molecule has 3 N–H and O–H groups in total. The van der Waals surface area contributed by atoms with Crippen LogP contribution in [0.3, 0.4) is 0 Å². The molecule has 3 nitrogen and oxygen atoms in total. The van der Waals surface area contributed by atoms with Crippen LogP contribution in [0.2, 0.25) is 0 Å². The average Bonchev–Trinajstić information content (AvgIpc) is 3.05. The van der Waals surface area contributed by atoms with Gasteiger partial charge in [-0.25, -0.2) is 0 Å². The minimum atomic E-state index is -0.511. The molecule has 0 aromatic rings. The molecular formula is C28H46O3. The Balaban J connectivity index is 1.60. The molecule has 0 aromatic heterocycles. The standard InChI is InChI=1S/C28H46O3/c1-16(2)17(3)7-8-18(4)21-9-10-22-26-23(11-12-27(21,22)5)28(6)19(14-24(26)30)13-20(29)15-25(28)31/h7-8,14,16-18,20-26,29-31H,9-13,15H2,1-6H3/b8-7+/t17-,18+,20+,21+,22-,23-,24+,25-,26-,27+,28-/m0/s1. The van der Waals surface area contributed by atoms with Crippen molar-refractivity contribution in [2.24, 2.45) is 52.3 Å². The number of allylic oxidation sites excluding steroid dienone is 2. The highest BCUT2D eigenvalue weighted by Gasteiger charge is 2.62. The number of rotatable bonds is 4. The largest absolute Gasteiger partial charge is 0.393 e. The van der Waals surface area contributed by atoms with Crippen LogP contribution in [0.1, 0.15) is 80.1 Å². The molecule has 0 spiro atoms. The summed E-state index contributed by atoms with van der Waals surface area (Å²) in [5.74, 6) is 3.56. The zero-order valence-corrected chi connectivity index (χ0v) is 20.6. The van der Waals surface area contributed by atoms with Crippen molar-refractivity contribution in [1.29, 1.82) is 0 Å².